The maximum absolute atomic E-state index is 12.6. The van der Waals surface area contributed by atoms with Crippen LogP contribution in [0.5, 0.6) is 0 Å². The lowest BCUT2D eigenvalue weighted by atomic mass is 10.1. The molecule has 4 rings (SSSR count). The highest BCUT2D eigenvalue weighted by atomic mass is 32.1. The molecule has 0 aliphatic rings. The monoisotopic (exact) mass is 418 g/mol. The molecule has 0 atom stereocenters. The molecule has 152 valence electrons. The Balaban J connectivity index is 1.49. The lowest BCUT2D eigenvalue weighted by molar-refractivity contribution is -0.121. The Hall–Kier alpha value is -3.45. The quantitative estimate of drug-likeness (QED) is 0.481. The van der Waals surface area contributed by atoms with Crippen LogP contribution in [0.4, 0.5) is 0 Å². The van der Waals surface area contributed by atoms with E-state index in [0.717, 1.165) is 21.5 Å². The molecule has 0 bridgehead atoms. The zero-order valence-electron chi connectivity index (χ0n) is 16.6. The largest absolute Gasteiger partial charge is 0.350 e. The summed E-state index contributed by atoms with van der Waals surface area (Å²) in [6.07, 6.45) is 0. The standard InChI is InChI=1S/C23H22N4O2S/c1-16-8-10-17(11-9-16)23(29)25-14-21-26-19-6-2-3-7-20(19)27(21)15-22(28)24-13-18-5-4-12-30-18/h2-12H,13-15H2,1H3,(H,24,28)(H,25,29). The van der Waals surface area contributed by atoms with Crippen molar-refractivity contribution in [3.63, 3.8) is 0 Å². The fourth-order valence-corrected chi connectivity index (χ4v) is 3.85. The number of rotatable bonds is 7. The van der Waals surface area contributed by atoms with E-state index in [0.29, 0.717) is 17.9 Å². The molecular weight excluding hydrogens is 396 g/mol. The van der Waals surface area contributed by atoms with E-state index in [-0.39, 0.29) is 24.9 Å². The number of aryl methyl sites for hydroxylation is 1. The van der Waals surface area contributed by atoms with Gasteiger partial charge in [0.1, 0.15) is 12.4 Å². The average Bonchev–Trinajstić information content (AvgIpc) is 3.39. The van der Waals surface area contributed by atoms with E-state index in [1.165, 1.54) is 0 Å². The van der Waals surface area contributed by atoms with Gasteiger partial charge in [-0.15, -0.1) is 11.3 Å². The second-order valence-electron chi connectivity index (χ2n) is 7.01. The molecular formula is C23H22N4O2S. The Bertz CT molecular complexity index is 1160. The number of para-hydroxylation sites is 2. The van der Waals surface area contributed by atoms with E-state index in [1.807, 2.05) is 65.4 Å². The third-order valence-corrected chi connectivity index (χ3v) is 5.67. The molecule has 0 saturated heterocycles. The molecule has 2 amide bonds. The van der Waals surface area contributed by atoms with E-state index >= 15 is 0 Å². The lowest BCUT2D eigenvalue weighted by Crippen LogP contribution is -2.29. The fraction of sp³-hybridized carbons (Fsp3) is 0.174. The Morgan fingerprint density at radius 2 is 1.77 bits per heavy atom. The SMILES string of the molecule is Cc1ccc(C(=O)NCc2nc3ccccc3n2CC(=O)NCc2cccs2)cc1. The summed E-state index contributed by atoms with van der Waals surface area (Å²) in [6.45, 7) is 2.86. The molecule has 4 aromatic rings. The molecule has 6 nitrogen and oxygen atoms in total. The summed E-state index contributed by atoms with van der Waals surface area (Å²) < 4.78 is 1.86. The van der Waals surface area contributed by atoms with Crippen LogP contribution in [0.1, 0.15) is 26.6 Å². The summed E-state index contributed by atoms with van der Waals surface area (Å²) in [5.41, 5.74) is 3.35. The molecule has 0 aliphatic carbocycles. The highest BCUT2D eigenvalue weighted by Crippen LogP contribution is 2.16. The number of imidazole rings is 1. The van der Waals surface area contributed by atoms with E-state index < -0.39 is 0 Å². The minimum Gasteiger partial charge on any atom is -0.350 e. The van der Waals surface area contributed by atoms with Crippen molar-refractivity contribution in [1.29, 1.82) is 0 Å². The van der Waals surface area contributed by atoms with Crippen molar-refractivity contribution in [2.75, 3.05) is 0 Å². The van der Waals surface area contributed by atoms with Crippen LogP contribution < -0.4 is 10.6 Å². The number of fused-ring (bicyclic) bond motifs is 1. The number of thiophene rings is 1. The molecule has 2 heterocycles. The highest BCUT2D eigenvalue weighted by Gasteiger charge is 2.15. The molecule has 0 unspecified atom stereocenters. The number of hydrogen-bond acceptors (Lipinski definition) is 4. The van der Waals surface area contributed by atoms with Gasteiger partial charge in [-0.3, -0.25) is 9.59 Å². The molecule has 2 N–H and O–H groups in total. The molecule has 0 saturated carbocycles. The van der Waals surface area contributed by atoms with Gasteiger partial charge in [-0.05, 0) is 42.6 Å². The zero-order valence-corrected chi connectivity index (χ0v) is 17.4. The average molecular weight is 419 g/mol. The summed E-state index contributed by atoms with van der Waals surface area (Å²) in [7, 11) is 0. The number of aromatic nitrogens is 2. The van der Waals surface area contributed by atoms with Crippen molar-refractivity contribution in [1.82, 2.24) is 20.2 Å². The van der Waals surface area contributed by atoms with Crippen molar-refractivity contribution in [3.05, 3.63) is 87.9 Å². The van der Waals surface area contributed by atoms with Crippen LogP contribution in [-0.4, -0.2) is 21.4 Å². The van der Waals surface area contributed by atoms with Gasteiger partial charge in [0.05, 0.1) is 24.1 Å². The summed E-state index contributed by atoms with van der Waals surface area (Å²) in [5.74, 6) is 0.372. The van der Waals surface area contributed by atoms with Crippen LogP contribution in [0.25, 0.3) is 11.0 Å². The first-order valence-electron chi connectivity index (χ1n) is 9.68. The molecule has 0 spiro atoms. The van der Waals surface area contributed by atoms with Gasteiger partial charge in [0.25, 0.3) is 5.91 Å². The van der Waals surface area contributed by atoms with Crippen LogP contribution >= 0.6 is 11.3 Å². The van der Waals surface area contributed by atoms with Crippen molar-refractivity contribution >= 4 is 34.2 Å². The van der Waals surface area contributed by atoms with E-state index in [4.69, 9.17) is 0 Å². The maximum atomic E-state index is 12.6. The normalized spacial score (nSPS) is 10.8. The maximum Gasteiger partial charge on any atom is 0.251 e. The Morgan fingerprint density at radius 3 is 2.53 bits per heavy atom. The van der Waals surface area contributed by atoms with Gasteiger partial charge in [0.15, 0.2) is 0 Å². The van der Waals surface area contributed by atoms with Gasteiger partial charge in [-0.25, -0.2) is 4.98 Å². The van der Waals surface area contributed by atoms with E-state index in [9.17, 15) is 9.59 Å². The van der Waals surface area contributed by atoms with Crippen LogP contribution in [0.2, 0.25) is 0 Å². The van der Waals surface area contributed by atoms with E-state index in [1.54, 1.807) is 23.5 Å². The van der Waals surface area contributed by atoms with Crippen molar-refractivity contribution in [2.45, 2.75) is 26.6 Å². The number of nitrogens with one attached hydrogen (secondary N) is 2. The minimum atomic E-state index is -0.171. The number of carbonyl (C=O) groups is 2. The second kappa shape index (κ2) is 8.92. The van der Waals surface area contributed by atoms with Crippen LogP contribution in [0.3, 0.4) is 0 Å². The predicted molar refractivity (Wildman–Crippen MR) is 118 cm³/mol. The Labute approximate surface area is 178 Å². The van der Waals surface area contributed by atoms with Crippen molar-refractivity contribution in [3.8, 4) is 0 Å². The molecule has 7 heteroatoms. The highest BCUT2D eigenvalue weighted by molar-refractivity contribution is 7.09. The summed E-state index contributed by atoms with van der Waals surface area (Å²) in [5, 5.41) is 7.84. The number of carbonyl (C=O) groups excluding carboxylic acids is 2. The van der Waals surface area contributed by atoms with Crippen molar-refractivity contribution < 1.29 is 9.59 Å². The van der Waals surface area contributed by atoms with Crippen molar-refractivity contribution in [2.24, 2.45) is 0 Å². The third-order valence-electron chi connectivity index (χ3n) is 4.80. The summed E-state index contributed by atoms with van der Waals surface area (Å²) in [6, 6.07) is 19.0. The van der Waals surface area contributed by atoms with Gasteiger partial charge in [0, 0.05) is 10.4 Å². The van der Waals surface area contributed by atoms with Gasteiger partial charge in [-0.2, -0.15) is 0 Å². The number of benzene rings is 2. The number of nitrogens with zero attached hydrogens (tertiary/aromatic N) is 2. The minimum absolute atomic E-state index is 0.0994. The Morgan fingerprint density at radius 1 is 0.967 bits per heavy atom. The first kappa shape index (κ1) is 19.8. The van der Waals surface area contributed by atoms with Crippen LogP contribution in [0, 0.1) is 6.92 Å². The van der Waals surface area contributed by atoms with Crippen LogP contribution in [-0.2, 0) is 24.4 Å². The molecule has 2 aromatic heterocycles. The first-order chi connectivity index (χ1) is 14.6. The smallest absolute Gasteiger partial charge is 0.251 e. The van der Waals surface area contributed by atoms with Crippen LogP contribution in [0.15, 0.2) is 66.0 Å². The van der Waals surface area contributed by atoms with E-state index in [2.05, 4.69) is 15.6 Å². The fourth-order valence-electron chi connectivity index (χ4n) is 3.20. The van der Waals surface area contributed by atoms with Gasteiger partial charge >= 0.3 is 0 Å². The molecule has 0 radical (unpaired) electrons. The summed E-state index contributed by atoms with van der Waals surface area (Å²) in [4.78, 5) is 30.8. The van der Waals surface area contributed by atoms with Gasteiger partial charge in [-0.1, -0.05) is 35.9 Å². The van der Waals surface area contributed by atoms with Gasteiger partial charge < -0.3 is 15.2 Å². The Kier molecular flexibility index (Phi) is 5.90. The molecule has 0 fully saturated rings. The summed E-state index contributed by atoms with van der Waals surface area (Å²) >= 11 is 1.61. The molecule has 0 aliphatic heterocycles. The molecule has 30 heavy (non-hydrogen) atoms. The number of hydrogen-bond donors (Lipinski definition) is 2. The predicted octanol–water partition coefficient (Wildman–Crippen LogP) is 3.65. The number of amides is 2. The van der Waals surface area contributed by atoms with Gasteiger partial charge in [0.2, 0.25) is 5.91 Å². The topological polar surface area (TPSA) is 76.0 Å². The third kappa shape index (κ3) is 4.58. The zero-order chi connectivity index (χ0) is 20.9. The first-order valence-corrected chi connectivity index (χ1v) is 10.6. The molecule has 2 aromatic carbocycles. The lowest BCUT2D eigenvalue weighted by Gasteiger charge is -2.11. The second-order valence-corrected chi connectivity index (χ2v) is 8.04.